The molecule has 1 unspecified atom stereocenters. The molecule has 0 amide bonds. The van der Waals surface area contributed by atoms with Crippen LogP contribution in [0.3, 0.4) is 0 Å². The molecule has 0 spiro atoms. The fraction of sp³-hybridized carbons (Fsp3) is 0.917. The van der Waals surface area contributed by atoms with E-state index in [0.717, 1.165) is 12.8 Å². The van der Waals surface area contributed by atoms with Crippen molar-refractivity contribution in [3.63, 3.8) is 0 Å². The molecule has 1 saturated carbocycles. The van der Waals surface area contributed by atoms with Crippen molar-refractivity contribution in [1.29, 1.82) is 0 Å². The highest BCUT2D eigenvalue weighted by Crippen LogP contribution is 2.19. The molecule has 1 aliphatic rings. The predicted molar refractivity (Wildman–Crippen MR) is 64.0 cm³/mol. The Labute approximate surface area is 102 Å². The number of aliphatic carboxylic acids is 1. The Balaban J connectivity index is 2.02. The summed E-state index contributed by atoms with van der Waals surface area (Å²) in [7, 11) is 0. The first-order chi connectivity index (χ1) is 8.02. The molecule has 1 fully saturated rings. The highest BCUT2D eigenvalue weighted by Gasteiger charge is 2.28. The third kappa shape index (κ3) is 5.48. The first kappa shape index (κ1) is 14.4. The molecule has 5 heteroatoms. The van der Waals surface area contributed by atoms with Gasteiger partial charge in [-0.05, 0) is 19.8 Å². The number of nitrogens with one attached hydrogen (secondary N) is 1. The van der Waals surface area contributed by atoms with Crippen LogP contribution in [0.15, 0.2) is 0 Å². The molecule has 17 heavy (non-hydrogen) atoms. The fourth-order valence-corrected chi connectivity index (χ4v) is 1.94. The number of carboxylic acids is 1. The summed E-state index contributed by atoms with van der Waals surface area (Å²) >= 11 is 0. The lowest BCUT2D eigenvalue weighted by atomic mass is 9.98. The third-order valence-corrected chi connectivity index (χ3v) is 3.11. The maximum Gasteiger partial charge on any atom is 0.336 e. The Morgan fingerprint density at radius 3 is 2.65 bits per heavy atom. The molecular weight excluding hydrogens is 222 g/mol. The van der Waals surface area contributed by atoms with Crippen LogP contribution in [0.25, 0.3) is 0 Å². The van der Waals surface area contributed by atoms with E-state index in [1.807, 2.05) is 0 Å². The normalized spacial score (nSPS) is 21.1. The van der Waals surface area contributed by atoms with Crippen molar-refractivity contribution in [2.75, 3.05) is 19.7 Å². The molecule has 0 bridgehead atoms. The first-order valence-electron chi connectivity index (χ1n) is 6.30. The Bertz CT molecular complexity index is 237. The maximum atomic E-state index is 10.6. The molecule has 100 valence electrons. The van der Waals surface area contributed by atoms with Gasteiger partial charge in [-0.2, -0.15) is 0 Å². The van der Waals surface area contributed by atoms with E-state index in [4.69, 9.17) is 9.84 Å². The van der Waals surface area contributed by atoms with Gasteiger partial charge in [0, 0.05) is 13.1 Å². The minimum Gasteiger partial charge on any atom is -0.479 e. The van der Waals surface area contributed by atoms with Crippen LogP contribution in [0.2, 0.25) is 0 Å². The van der Waals surface area contributed by atoms with Crippen LogP contribution in [0.1, 0.15) is 39.0 Å². The maximum absolute atomic E-state index is 10.6. The number of aliphatic hydroxyl groups is 1. The van der Waals surface area contributed by atoms with E-state index in [0.29, 0.717) is 19.3 Å². The Hall–Kier alpha value is -0.650. The summed E-state index contributed by atoms with van der Waals surface area (Å²) < 4.78 is 5.67. The van der Waals surface area contributed by atoms with Gasteiger partial charge in [-0.1, -0.05) is 19.3 Å². The largest absolute Gasteiger partial charge is 0.479 e. The van der Waals surface area contributed by atoms with E-state index in [1.54, 1.807) is 0 Å². The minimum absolute atomic E-state index is 0.0381. The van der Waals surface area contributed by atoms with Crippen molar-refractivity contribution in [2.45, 2.75) is 50.7 Å². The summed E-state index contributed by atoms with van der Waals surface area (Å²) in [6, 6.07) is 0. The number of rotatable bonds is 7. The van der Waals surface area contributed by atoms with Crippen LogP contribution in [0, 0.1) is 0 Å². The molecule has 0 heterocycles. The summed E-state index contributed by atoms with van der Waals surface area (Å²) in [5.41, 5.74) is -1.70. The second-order valence-corrected chi connectivity index (χ2v) is 4.89. The zero-order chi connectivity index (χ0) is 12.7. The van der Waals surface area contributed by atoms with Crippen molar-refractivity contribution in [3.05, 3.63) is 0 Å². The lowest BCUT2D eigenvalue weighted by molar-refractivity contribution is -0.156. The molecule has 0 aliphatic heterocycles. The molecular formula is C12H23NO4. The highest BCUT2D eigenvalue weighted by atomic mass is 16.5. The Morgan fingerprint density at radius 1 is 1.41 bits per heavy atom. The van der Waals surface area contributed by atoms with Gasteiger partial charge in [0.15, 0.2) is 5.60 Å². The molecule has 0 radical (unpaired) electrons. The number of carbonyl (C=O) groups is 1. The third-order valence-electron chi connectivity index (χ3n) is 3.11. The molecule has 3 N–H and O–H groups in total. The summed E-state index contributed by atoms with van der Waals surface area (Å²) in [5.74, 6) is -1.21. The average Bonchev–Trinajstić information content (AvgIpc) is 2.29. The quantitative estimate of drug-likeness (QED) is 0.577. The van der Waals surface area contributed by atoms with Crippen molar-refractivity contribution in [2.24, 2.45) is 0 Å². The first-order valence-corrected chi connectivity index (χ1v) is 6.30. The van der Waals surface area contributed by atoms with Crippen molar-refractivity contribution in [1.82, 2.24) is 5.32 Å². The second kappa shape index (κ2) is 6.93. The molecule has 0 aromatic carbocycles. The summed E-state index contributed by atoms with van der Waals surface area (Å²) in [6.45, 7) is 2.46. The van der Waals surface area contributed by atoms with Crippen LogP contribution in [-0.4, -0.2) is 47.6 Å². The molecule has 0 aromatic heterocycles. The molecule has 0 aromatic rings. The Morgan fingerprint density at radius 2 is 2.06 bits per heavy atom. The van der Waals surface area contributed by atoms with Crippen LogP contribution in [0.4, 0.5) is 0 Å². The lowest BCUT2D eigenvalue weighted by Gasteiger charge is -2.23. The van der Waals surface area contributed by atoms with Gasteiger partial charge >= 0.3 is 5.97 Å². The van der Waals surface area contributed by atoms with Gasteiger partial charge in [0.1, 0.15) is 0 Å². The summed E-state index contributed by atoms with van der Waals surface area (Å²) in [6.07, 6.45) is 6.42. The SMILES string of the molecule is CC(O)(CNCCOC1CCCCC1)C(=O)O. The lowest BCUT2D eigenvalue weighted by Crippen LogP contribution is -2.45. The van der Waals surface area contributed by atoms with E-state index in [-0.39, 0.29) is 6.54 Å². The topological polar surface area (TPSA) is 78.8 Å². The molecule has 0 saturated heterocycles. The minimum atomic E-state index is -1.70. The average molecular weight is 245 g/mol. The van der Waals surface area contributed by atoms with Gasteiger partial charge in [0.05, 0.1) is 12.7 Å². The van der Waals surface area contributed by atoms with E-state index in [1.165, 1.54) is 26.2 Å². The highest BCUT2D eigenvalue weighted by molar-refractivity contribution is 5.76. The van der Waals surface area contributed by atoms with Gasteiger partial charge < -0.3 is 20.3 Å². The van der Waals surface area contributed by atoms with Gasteiger partial charge in [-0.25, -0.2) is 4.79 Å². The van der Waals surface area contributed by atoms with Crippen LogP contribution in [-0.2, 0) is 9.53 Å². The molecule has 1 atom stereocenters. The fourth-order valence-electron chi connectivity index (χ4n) is 1.94. The second-order valence-electron chi connectivity index (χ2n) is 4.89. The van der Waals surface area contributed by atoms with E-state index < -0.39 is 11.6 Å². The monoisotopic (exact) mass is 245 g/mol. The van der Waals surface area contributed by atoms with Crippen LogP contribution >= 0.6 is 0 Å². The summed E-state index contributed by atoms with van der Waals surface area (Å²) in [5, 5.41) is 21.0. The summed E-state index contributed by atoms with van der Waals surface area (Å²) in [4.78, 5) is 10.6. The Kier molecular flexibility index (Phi) is 5.88. The van der Waals surface area contributed by atoms with Crippen molar-refractivity contribution >= 4 is 5.97 Å². The van der Waals surface area contributed by atoms with Crippen LogP contribution in [0.5, 0.6) is 0 Å². The smallest absolute Gasteiger partial charge is 0.336 e. The van der Waals surface area contributed by atoms with Crippen molar-refractivity contribution < 1.29 is 19.7 Å². The zero-order valence-electron chi connectivity index (χ0n) is 10.4. The molecule has 5 nitrogen and oxygen atoms in total. The standard InChI is InChI=1S/C12H23NO4/c1-12(16,11(14)15)9-13-7-8-17-10-5-3-2-4-6-10/h10,13,16H,2-9H2,1H3,(H,14,15). The van der Waals surface area contributed by atoms with E-state index >= 15 is 0 Å². The molecule has 1 rings (SSSR count). The van der Waals surface area contributed by atoms with Gasteiger partial charge in [-0.3, -0.25) is 0 Å². The number of carboxylic acid groups (broad SMARTS) is 1. The van der Waals surface area contributed by atoms with Gasteiger partial charge in [0.25, 0.3) is 0 Å². The van der Waals surface area contributed by atoms with Crippen LogP contribution < -0.4 is 5.32 Å². The zero-order valence-corrected chi connectivity index (χ0v) is 10.4. The van der Waals surface area contributed by atoms with E-state index in [2.05, 4.69) is 5.32 Å². The van der Waals surface area contributed by atoms with Gasteiger partial charge in [0.2, 0.25) is 0 Å². The molecule has 1 aliphatic carbocycles. The number of ether oxygens (including phenoxy) is 1. The number of hydrogen-bond acceptors (Lipinski definition) is 4. The predicted octanol–water partition coefficient (Wildman–Crippen LogP) is 0.761. The van der Waals surface area contributed by atoms with E-state index in [9.17, 15) is 9.90 Å². The van der Waals surface area contributed by atoms with Crippen molar-refractivity contribution in [3.8, 4) is 0 Å². The number of hydrogen-bond donors (Lipinski definition) is 3. The van der Waals surface area contributed by atoms with Gasteiger partial charge in [-0.15, -0.1) is 0 Å².